The minimum Gasteiger partial charge on any atom is -0.454 e. The molecule has 5 rings (SSSR count). The van der Waals surface area contributed by atoms with Crippen LogP contribution in [0.3, 0.4) is 0 Å². The molecule has 0 spiro atoms. The van der Waals surface area contributed by atoms with Gasteiger partial charge in [-0.15, -0.1) is 0 Å². The molecule has 26 heavy (non-hydrogen) atoms. The maximum atomic E-state index is 12.0. The van der Waals surface area contributed by atoms with E-state index in [1.165, 1.54) is 5.56 Å². The van der Waals surface area contributed by atoms with Gasteiger partial charge in [0.25, 0.3) is 0 Å². The summed E-state index contributed by atoms with van der Waals surface area (Å²) in [6.07, 6.45) is -0.244. The van der Waals surface area contributed by atoms with Crippen LogP contribution in [0.2, 0.25) is 0 Å². The Kier molecular flexibility index (Phi) is 3.80. The summed E-state index contributed by atoms with van der Waals surface area (Å²) >= 11 is 0. The molecule has 0 amide bonds. The van der Waals surface area contributed by atoms with Crippen molar-refractivity contribution in [2.75, 3.05) is 33.0 Å². The van der Waals surface area contributed by atoms with Crippen molar-refractivity contribution in [1.82, 2.24) is 9.80 Å². The Morgan fingerprint density at radius 1 is 0.962 bits per heavy atom. The average Bonchev–Trinajstić information content (AvgIpc) is 3.27. The van der Waals surface area contributed by atoms with E-state index in [1.807, 2.05) is 30.3 Å². The average molecular weight is 352 g/mol. The number of piperazine rings is 1. The number of ether oxygens (including phenoxy) is 3. The standard InChI is InChI=1S/C20H20N2O4/c23-20-16-4-2-1-3-15(16)19(26-20)22-9-7-21(8-10-22)12-14-5-6-17-18(11-14)25-13-24-17/h1-6,11,19H,7-10,12-13H2/t19-/m1/s1. The molecule has 6 nitrogen and oxygen atoms in total. The zero-order valence-corrected chi connectivity index (χ0v) is 14.4. The van der Waals surface area contributed by atoms with Gasteiger partial charge in [0.1, 0.15) is 0 Å². The molecule has 2 aromatic carbocycles. The Balaban J connectivity index is 1.22. The van der Waals surface area contributed by atoms with Gasteiger partial charge in [-0.25, -0.2) is 4.79 Å². The van der Waals surface area contributed by atoms with Gasteiger partial charge in [0, 0.05) is 38.3 Å². The van der Waals surface area contributed by atoms with Crippen molar-refractivity contribution >= 4 is 5.97 Å². The minimum absolute atomic E-state index is 0.214. The highest BCUT2D eigenvalue weighted by molar-refractivity contribution is 5.93. The Morgan fingerprint density at radius 2 is 1.77 bits per heavy atom. The molecular weight excluding hydrogens is 332 g/mol. The molecule has 0 saturated carbocycles. The van der Waals surface area contributed by atoms with E-state index in [0.717, 1.165) is 49.8 Å². The number of carbonyl (C=O) groups excluding carboxylic acids is 1. The van der Waals surface area contributed by atoms with E-state index in [9.17, 15) is 4.79 Å². The zero-order chi connectivity index (χ0) is 17.5. The largest absolute Gasteiger partial charge is 0.454 e. The summed E-state index contributed by atoms with van der Waals surface area (Å²) in [7, 11) is 0. The van der Waals surface area contributed by atoms with E-state index in [1.54, 1.807) is 0 Å². The molecule has 3 aliphatic rings. The smallest absolute Gasteiger partial charge is 0.340 e. The summed E-state index contributed by atoms with van der Waals surface area (Å²) in [6, 6.07) is 13.8. The molecule has 3 heterocycles. The summed E-state index contributed by atoms with van der Waals surface area (Å²) in [5.74, 6) is 1.43. The van der Waals surface area contributed by atoms with Gasteiger partial charge >= 0.3 is 5.97 Å². The molecule has 6 heteroatoms. The van der Waals surface area contributed by atoms with Crippen LogP contribution in [-0.2, 0) is 11.3 Å². The van der Waals surface area contributed by atoms with E-state index in [2.05, 4.69) is 21.9 Å². The number of hydrogen-bond donors (Lipinski definition) is 0. The van der Waals surface area contributed by atoms with E-state index in [0.29, 0.717) is 12.4 Å². The Hall–Kier alpha value is -2.57. The number of nitrogens with zero attached hydrogens (tertiary/aromatic N) is 2. The molecule has 0 aromatic heterocycles. The van der Waals surface area contributed by atoms with E-state index >= 15 is 0 Å². The summed E-state index contributed by atoms with van der Waals surface area (Å²) < 4.78 is 16.4. The van der Waals surface area contributed by atoms with E-state index in [-0.39, 0.29) is 12.2 Å². The van der Waals surface area contributed by atoms with Gasteiger partial charge in [-0.3, -0.25) is 9.80 Å². The highest BCUT2D eigenvalue weighted by Crippen LogP contribution is 2.35. The molecule has 1 atom stereocenters. The van der Waals surface area contributed by atoms with Crippen LogP contribution >= 0.6 is 0 Å². The van der Waals surface area contributed by atoms with Crippen LogP contribution in [0.5, 0.6) is 11.5 Å². The quantitative estimate of drug-likeness (QED) is 0.791. The molecule has 1 saturated heterocycles. The number of benzene rings is 2. The third-order valence-corrected chi connectivity index (χ3v) is 5.25. The van der Waals surface area contributed by atoms with Crippen molar-refractivity contribution in [3.63, 3.8) is 0 Å². The summed E-state index contributed by atoms with van der Waals surface area (Å²) in [5.41, 5.74) is 2.90. The number of cyclic esters (lactones) is 1. The fourth-order valence-corrected chi connectivity index (χ4v) is 3.85. The molecule has 1 fully saturated rings. The second-order valence-corrected chi connectivity index (χ2v) is 6.84. The lowest BCUT2D eigenvalue weighted by molar-refractivity contribution is -0.0419. The summed E-state index contributed by atoms with van der Waals surface area (Å²) in [6.45, 7) is 4.80. The number of carbonyl (C=O) groups is 1. The minimum atomic E-state index is -0.244. The van der Waals surface area contributed by atoms with Crippen molar-refractivity contribution in [2.45, 2.75) is 12.8 Å². The van der Waals surface area contributed by atoms with Crippen molar-refractivity contribution in [2.24, 2.45) is 0 Å². The molecule has 0 bridgehead atoms. The highest BCUT2D eigenvalue weighted by Gasteiger charge is 2.36. The number of hydrogen-bond acceptors (Lipinski definition) is 6. The van der Waals surface area contributed by atoms with E-state index < -0.39 is 0 Å². The van der Waals surface area contributed by atoms with Crippen LogP contribution in [0.25, 0.3) is 0 Å². The van der Waals surface area contributed by atoms with Crippen molar-refractivity contribution < 1.29 is 19.0 Å². The molecule has 0 aliphatic carbocycles. The first kappa shape index (κ1) is 15.7. The third-order valence-electron chi connectivity index (χ3n) is 5.25. The molecular formula is C20H20N2O4. The second-order valence-electron chi connectivity index (χ2n) is 6.84. The third kappa shape index (κ3) is 2.71. The fourth-order valence-electron chi connectivity index (χ4n) is 3.85. The second kappa shape index (κ2) is 6.30. The predicted octanol–water partition coefficient (Wildman–Crippen LogP) is 2.40. The summed E-state index contributed by atoms with van der Waals surface area (Å²) in [5, 5.41) is 0. The summed E-state index contributed by atoms with van der Waals surface area (Å²) in [4.78, 5) is 16.7. The lowest BCUT2D eigenvalue weighted by Crippen LogP contribution is -2.47. The monoisotopic (exact) mass is 352 g/mol. The highest BCUT2D eigenvalue weighted by atomic mass is 16.7. The van der Waals surface area contributed by atoms with Gasteiger partial charge in [0.15, 0.2) is 17.7 Å². The number of fused-ring (bicyclic) bond motifs is 2. The fraction of sp³-hybridized carbons (Fsp3) is 0.350. The normalized spacial score (nSPS) is 22.3. The van der Waals surface area contributed by atoms with Crippen LogP contribution in [0.4, 0.5) is 0 Å². The lowest BCUT2D eigenvalue weighted by atomic mass is 10.1. The number of esters is 1. The van der Waals surface area contributed by atoms with Crippen LogP contribution in [0.15, 0.2) is 42.5 Å². The Morgan fingerprint density at radius 3 is 2.65 bits per heavy atom. The molecule has 0 radical (unpaired) electrons. The van der Waals surface area contributed by atoms with Gasteiger partial charge in [0.05, 0.1) is 5.56 Å². The molecule has 0 unspecified atom stereocenters. The maximum Gasteiger partial charge on any atom is 0.340 e. The topological polar surface area (TPSA) is 51.2 Å². The van der Waals surface area contributed by atoms with Crippen molar-refractivity contribution in [1.29, 1.82) is 0 Å². The molecule has 134 valence electrons. The first-order valence-corrected chi connectivity index (χ1v) is 8.93. The van der Waals surface area contributed by atoms with Gasteiger partial charge < -0.3 is 14.2 Å². The van der Waals surface area contributed by atoms with Gasteiger partial charge in [-0.05, 0) is 23.8 Å². The first-order valence-electron chi connectivity index (χ1n) is 8.93. The molecule has 0 N–H and O–H groups in total. The number of rotatable bonds is 3. The van der Waals surface area contributed by atoms with Crippen LogP contribution in [-0.4, -0.2) is 48.7 Å². The van der Waals surface area contributed by atoms with Crippen LogP contribution in [0.1, 0.15) is 27.7 Å². The van der Waals surface area contributed by atoms with Crippen LogP contribution < -0.4 is 9.47 Å². The Labute approximate surface area is 151 Å². The van der Waals surface area contributed by atoms with E-state index in [4.69, 9.17) is 14.2 Å². The van der Waals surface area contributed by atoms with Gasteiger partial charge in [-0.1, -0.05) is 24.3 Å². The predicted molar refractivity (Wildman–Crippen MR) is 94.0 cm³/mol. The van der Waals surface area contributed by atoms with Gasteiger partial charge in [-0.2, -0.15) is 0 Å². The van der Waals surface area contributed by atoms with Crippen molar-refractivity contribution in [3.05, 3.63) is 59.2 Å². The zero-order valence-electron chi connectivity index (χ0n) is 14.4. The van der Waals surface area contributed by atoms with Crippen molar-refractivity contribution in [3.8, 4) is 11.5 Å². The molecule has 3 aliphatic heterocycles. The van der Waals surface area contributed by atoms with Crippen LogP contribution in [0, 0.1) is 0 Å². The lowest BCUT2D eigenvalue weighted by Gasteiger charge is -2.37. The first-order chi connectivity index (χ1) is 12.8. The Bertz CT molecular complexity index is 845. The maximum absolute atomic E-state index is 12.0. The molecule has 2 aromatic rings. The van der Waals surface area contributed by atoms with Gasteiger partial charge in [0.2, 0.25) is 6.79 Å². The SMILES string of the molecule is O=C1O[C@@H](N2CCN(Cc3ccc4c(c3)OCO4)CC2)c2ccccc21.